The first kappa shape index (κ1) is 13.3. The quantitative estimate of drug-likeness (QED) is 0.474. The zero-order valence-corrected chi connectivity index (χ0v) is 10.7. The first-order valence-electron chi connectivity index (χ1n) is 6.19. The van der Waals surface area contributed by atoms with E-state index in [0.717, 1.165) is 19.4 Å². The minimum Gasteiger partial charge on any atom is -0.469 e. The highest BCUT2D eigenvalue weighted by Crippen LogP contribution is 2.31. The van der Waals surface area contributed by atoms with E-state index in [0.29, 0.717) is 12.2 Å². The van der Waals surface area contributed by atoms with Crippen molar-refractivity contribution in [2.45, 2.75) is 12.8 Å². The Labute approximate surface area is 111 Å². The number of piperidine rings is 1. The lowest BCUT2D eigenvalue weighted by atomic mass is 9.97. The molecule has 6 heteroatoms. The Bertz CT molecular complexity index is 489. The molecular formula is C13H16N2O4. The van der Waals surface area contributed by atoms with Gasteiger partial charge in [0, 0.05) is 19.2 Å². The minimum atomic E-state index is -0.392. The van der Waals surface area contributed by atoms with Gasteiger partial charge in [-0.25, -0.2) is 0 Å². The molecule has 1 aromatic carbocycles. The number of benzene rings is 1. The zero-order valence-electron chi connectivity index (χ0n) is 10.7. The fourth-order valence-electron chi connectivity index (χ4n) is 2.44. The van der Waals surface area contributed by atoms with Crippen LogP contribution in [0.1, 0.15) is 12.8 Å². The molecule has 19 heavy (non-hydrogen) atoms. The molecular weight excluding hydrogens is 248 g/mol. The van der Waals surface area contributed by atoms with Crippen molar-refractivity contribution >= 4 is 17.3 Å². The maximum absolute atomic E-state index is 11.6. The number of esters is 1. The van der Waals surface area contributed by atoms with Crippen LogP contribution in [0.5, 0.6) is 0 Å². The number of ether oxygens (including phenoxy) is 1. The van der Waals surface area contributed by atoms with Crippen molar-refractivity contribution in [3.63, 3.8) is 0 Å². The van der Waals surface area contributed by atoms with Crippen LogP contribution in [-0.4, -0.2) is 31.1 Å². The number of para-hydroxylation sites is 2. The average Bonchev–Trinajstić information content (AvgIpc) is 2.46. The minimum absolute atomic E-state index is 0.0769. The van der Waals surface area contributed by atoms with Gasteiger partial charge in [0.1, 0.15) is 5.69 Å². The summed E-state index contributed by atoms with van der Waals surface area (Å²) in [6, 6.07) is 6.61. The van der Waals surface area contributed by atoms with Crippen LogP contribution in [0.15, 0.2) is 24.3 Å². The molecule has 1 saturated heterocycles. The average molecular weight is 264 g/mol. The number of nitro groups is 1. The van der Waals surface area contributed by atoms with Crippen LogP contribution in [0.4, 0.5) is 11.4 Å². The number of carbonyl (C=O) groups is 1. The van der Waals surface area contributed by atoms with E-state index >= 15 is 0 Å². The van der Waals surface area contributed by atoms with Gasteiger partial charge in [0.05, 0.1) is 18.0 Å². The molecule has 0 N–H and O–H groups in total. The summed E-state index contributed by atoms with van der Waals surface area (Å²) < 4.78 is 4.75. The van der Waals surface area contributed by atoms with Crippen molar-refractivity contribution in [3.05, 3.63) is 34.4 Å². The Morgan fingerprint density at radius 2 is 2.21 bits per heavy atom. The maximum atomic E-state index is 11.6. The van der Waals surface area contributed by atoms with Crippen molar-refractivity contribution in [1.82, 2.24) is 0 Å². The molecule has 1 aliphatic rings. The molecule has 0 aromatic heterocycles. The molecule has 1 atom stereocenters. The molecule has 0 bridgehead atoms. The Morgan fingerprint density at radius 3 is 2.89 bits per heavy atom. The molecule has 0 aliphatic carbocycles. The second-order valence-corrected chi connectivity index (χ2v) is 4.55. The highest BCUT2D eigenvalue weighted by molar-refractivity contribution is 5.74. The predicted octanol–water partition coefficient (Wildman–Crippen LogP) is 1.98. The summed E-state index contributed by atoms with van der Waals surface area (Å²) in [6.07, 6.45) is 1.59. The molecule has 1 aromatic rings. The van der Waals surface area contributed by atoms with E-state index in [1.807, 2.05) is 4.90 Å². The van der Waals surface area contributed by atoms with Crippen molar-refractivity contribution in [3.8, 4) is 0 Å². The summed E-state index contributed by atoms with van der Waals surface area (Å²) in [5, 5.41) is 11.0. The van der Waals surface area contributed by atoms with E-state index in [-0.39, 0.29) is 17.6 Å². The number of rotatable bonds is 3. The van der Waals surface area contributed by atoms with Crippen LogP contribution in [0, 0.1) is 16.0 Å². The van der Waals surface area contributed by atoms with Crippen LogP contribution in [0.2, 0.25) is 0 Å². The first-order chi connectivity index (χ1) is 9.13. The molecule has 102 valence electrons. The largest absolute Gasteiger partial charge is 0.469 e. The standard InChI is InChI=1S/C13H16N2O4/c1-19-13(16)10-5-4-8-14(9-10)11-6-2-3-7-12(11)15(17)18/h2-3,6-7,10H,4-5,8-9H2,1H3/t10-/m0/s1. The highest BCUT2D eigenvalue weighted by Gasteiger charge is 2.29. The second kappa shape index (κ2) is 5.69. The van der Waals surface area contributed by atoms with Crippen LogP contribution < -0.4 is 4.90 Å². The van der Waals surface area contributed by atoms with Gasteiger partial charge in [0.15, 0.2) is 0 Å². The zero-order chi connectivity index (χ0) is 13.8. The summed E-state index contributed by atoms with van der Waals surface area (Å²) in [6.45, 7) is 1.19. The van der Waals surface area contributed by atoms with E-state index in [9.17, 15) is 14.9 Å². The Hall–Kier alpha value is -2.11. The van der Waals surface area contributed by atoms with Crippen LogP contribution in [0.3, 0.4) is 0 Å². The van der Waals surface area contributed by atoms with Gasteiger partial charge in [-0.1, -0.05) is 12.1 Å². The Balaban J connectivity index is 2.22. The van der Waals surface area contributed by atoms with E-state index in [1.54, 1.807) is 18.2 Å². The van der Waals surface area contributed by atoms with Crippen molar-refractivity contribution in [2.24, 2.45) is 5.92 Å². The third kappa shape index (κ3) is 2.83. The van der Waals surface area contributed by atoms with Gasteiger partial charge in [-0.2, -0.15) is 0 Å². The molecule has 2 rings (SSSR count). The molecule has 0 radical (unpaired) electrons. The molecule has 0 saturated carbocycles. The van der Waals surface area contributed by atoms with Crippen molar-refractivity contribution in [2.75, 3.05) is 25.1 Å². The number of nitro benzene ring substituents is 1. The number of nitrogens with zero attached hydrogens (tertiary/aromatic N) is 2. The van der Waals surface area contributed by atoms with E-state index in [4.69, 9.17) is 4.74 Å². The van der Waals surface area contributed by atoms with Gasteiger partial charge in [0.2, 0.25) is 0 Å². The molecule has 1 aliphatic heterocycles. The normalized spacial score (nSPS) is 19.0. The third-order valence-electron chi connectivity index (χ3n) is 3.38. The summed E-state index contributed by atoms with van der Waals surface area (Å²) in [4.78, 5) is 24.1. The Kier molecular flexibility index (Phi) is 3.99. The lowest BCUT2D eigenvalue weighted by Crippen LogP contribution is -2.39. The van der Waals surface area contributed by atoms with E-state index in [2.05, 4.69) is 0 Å². The predicted molar refractivity (Wildman–Crippen MR) is 70.0 cm³/mol. The molecule has 6 nitrogen and oxygen atoms in total. The van der Waals surface area contributed by atoms with Gasteiger partial charge < -0.3 is 9.64 Å². The van der Waals surface area contributed by atoms with Gasteiger partial charge >= 0.3 is 5.97 Å². The van der Waals surface area contributed by atoms with Gasteiger partial charge in [-0.3, -0.25) is 14.9 Å². The number of anilines is 1. The molecule has 0 unspecified atom stereocenters. The number of hydrogen-bond acceptors (Lipinski definition) is 5. The van der Waals surface area contributed by atoms with E-state index < -0.39 is 4.92 Å². The summed E-state index contributed by atoms with van der Waals surface area (Å²) >= 11 is 0. The Morgan fingerprint density at radius 1 is 1.47 bits per heavy atom. The molecule has 1 heterocycles. The topological polar surface area (TPSA) is 72.7 Å². The fourth-order valence-corrected chi connectivity index (χ4v) is 2.44. The molecule has 0 spiro atoms. The summed E-state index contributed by atoms with van der Waals surface area (Å²) in [7, 11) is 1.37. The van der Waals surface area contributed by atoms with Crippen LogP contribution >= 0.6 is 0 Å². The monoisotopic (exact) mass is 264 g/mol. The lowest BCUT2D eigenvalue weighted by molar-refractivity contribution is -0.384. The highest BCUT2D eigenvalue weighted by atomic mass is 16.6. The van der Waals surface area contributed by atoms with Gasteiger partial charge in [-0.15, -0.1) is 0 Å². The van der Waals surface area contributed by atoms with Gasteiger partial charge in [-0.05, 0) is 18.9 Å². The molecule has 0 amide bonds. The van der Waals surface area contributed by atoms with Crippen LogP contribution in [-0.2, 0) is 9.53 Å². The number of methoxy groups -OCH3 is 1. The maximum Gasteiger partial charge on any atom is 0.310 e. The lowest BCUT2D eigenvalue weighted by Gasteiger charge is -2.32. The summed E-state index contributed by atoms with van der Waals surface area (Å²) in [5.74, 6) is -0.457. The van der Waals surface area contributed by atoms with E-state index in [1.165, 1.54) is 13.2 Å². The number of carbonyl (C=O) groups excluding carboxylic acids is 1. The first-order valence-corrected chi connectivity index (χ1v) is 6.19. The van der Waals surface area contributed by atoms with Crippen molar-refractivity contribution in [1.29, 1.82) is 0 Å². The number of hydrogen-bond donors (Lipinski definition) is 0. The fraction of sp³-hybridized carbons (Fsp3) is 0.462. The van der Waals surface area contributed by atoms with Gasteiger partial charge in [0.25, 0.3) is 5.69 Å². The smallest absolute Gasteiger partial charge is 0.310 e. The summed E-state index contributed by atoms with van der Waals surface area (Å²) in [5.41, 5.74) is 0.647. The third-order valence-corrected chi connectivity index (χ3v) is 3.38. The second-order valence-electron chi connectivity index (χ2n) is 4.55. The molecule has 1 fully saturated rings. The van der Waals surface area contributed by atoms with Crippen LogP contribution in [0.25, 0.3) is 0 Å². The SMILES string of the molecule is COC(=O)[C@H]1CCCN(c2ccccc2[N+](=O)[O-])C1. The van der Waals surface area contributed by atoms with Crippen molar-refractivity contribution < 1.29 is 14.5 Å².